The van der Waals surface area contributed by atoms with Gasteiger partial charge >= 0.3 is 6.01 Å². The Morgan fingerprint density at radius 3 is 2.88 bits per heavy atom. The first-order valence-corrected chi connectivity index (χ1v) is 5.19. The van der Waals surface area contributed by atoms with E-state index in [4.69, 9.17) is 14.9 Å². The molecule has 1 unspecified atom stereocenters. The average molecular weight is 234 g/mol. The Kier molecular flexibility index (Phi) is 3.24. The first-order valence-electron chi connectivity index (χ1n) is 5.19. The van der Waals surface area contributed by atoms with Gasteiger partial charge in [0.2, 0.25) is 5.89 Å². The monoisotopic (exact) mass is 234 g/mol. The van der Waals surface area contributed by atoms with E-state index in [1.165, 1.54) is 0 Å². The van der Waals surface area contributed by atoms with Crippen LogP contribution in [0.3, 0.4) is 0 Å². The van der Waals surface area contributed by atoms with Gasteiger partial charge in [0.1, 0.15) is 5.75 Å². The summed E-state index contributed by atoms with van der Waals surface area (Å²) in [5, 5.41) is 10.6. The highest BCUT2D eigenvalue weighted by atomic mass is 16.5. The van der Waals surface area contributed by atoms with Crippen LogP contribution >= 0.6 is 0 Å². The van der Waals surface area contributed by atoms with E-state index in [1.54, 1.807) is 14.0 Å². The second-order valence-electron chi connectivity index (χ2n) is 3.59. The van der Waals surface area contributed by atoms with Crippen molar-refractivity contribution in [3.8, 4) is 5.75 Å². The topological polar surface area (TPSA) is 86.2 Å². The van der Waals surface area contributed by atoms with Crippen molar-refractivity contribution in [2.24, 2.45) is 5.73 Å². The Balaban J connectivity index is 2.13. The quantitative estimate of drug-likeness (QED) is 0.839. The number of anilines is 2. The SMILES string of the molecule is COc1cccc(Nc2nnc(C(C)N)o2)c1. The Bertz CT molecular complexity index is 496. The van der Waals surface area contributed by atoms with E-state index in [0.29, 0.717) is 11.9 Å². The van der Waals surface area contributed by atoms with Crippen LogP contribution in [0, 0.1) is 0 Å². The van der Waals surface area contributed by atoms with E-state index in [1.807, 2.05) is 24.3 Å². The zero-order valence-electron chi connectivity index (χ0n) is 9.68. The maximum Gasteiger partial charge on any atom is 0.320 e. The molecule has 0 aliphatic heterocycles. The van der Waals surface area contributed by atoms with Gasteiger partial charge in [0.05, 0.1) is 13.2 Å². The number of rotatable bonds is 4. The number of nitrogens with one attached hydrogen (secondary N) is 1. The third-order valence-electron chi connectivity index (χ3n) is 2.15. The largest absolute Gasteiger partial charge is 0.497 e. The predicted octanol–water partition coefficient (Wildman–Crippen LogP) is 1.84. The van der Waals surface area contributed by atoms with Crippen LogP contribution in [0.4, 0.5) is 11.7 Å². The first kappa shape index (κ1) is 11.4. The molecule has 0 saturated carbocycles. The number of benzene rings is 1. The normalized spacial score (nSPS) is 12.2. The third kappa shape index (κ3) is 2.73. The van der Waals surface area contributed by atoms with Crippen LogP contribution in [0.5, 0.6) is 5.75 Å². The molecule has 90 valence electrons. The van der Waals surface area contributed by atoms with Crippen LogP contribution in [-0.4, -0.2) is 17.3 Å². The molecule has 17 heavy (non-hydrogen) atoms. The van der Waals surface area contributed by atoms with E-state index in [0.717, 1.165) is 11.4 Å². The van der Waals surface area contributed by atoms with Crippen LogP contribution in [-0.2, 0) is 0 Å². The van der Waals surface area contributed by atoms with Crippen molar-refractivity contribution in [3.05, 3.63) is 30.2 Å². The summed E-state index contributed by atoms with van der Waals surface area (Å²) in [6.07, 6.45) is 0. The highest BCUT2D eigenvalue weighted by Gasteiger charge is 2.09. The molecule has 3 N–H and O–H groups in total. The second-order valence-corrected chi connectivity index (χ2v) is 3.59. The smallest absolute Gasteiger partial charge is 0.320 e. The van der Waals surface area contributed by atoms with Gasteiger partial charge in [-0.2, -0.15) is 0 Å². The van der Waals surface area contributed by atoms with Crippen molar-refractivity contribution in [2.45, 2.75) is 13.0 Å². The molecule has 0 amide bonds. The lowest BCUT2D eigenvalue weighted by Gasteiger charge is -2.03. The number of methoxy groups -OCH3 is 1. The summed E-state index contributed by atoms with van der Waals surface area (Å²) in [6.45, 7) is 1.78. The number of nitrogens with zero attached hydrogens (tertiary/aromatic N) is 2. The third-order valence-corrected chi connectivity index (χ3v) is 2.15. The zero-order chi connectivity index (χ0) is 12.3. The molecule has 0 saturated heterocycles. The van der Waals surface area contributed by atoms with Crippen LogP contribution in [0.2, 0.25) is 0 Å². The summed E-state index contributed by atoms with van der Waals surface area (Å²) in [6, 6.07) is 7.46. The summed E-state index contributed by atoms with van der Waals surface area (Å²) in [7, 11) is 1.61. The molecule has 1 aromatic heterocycles. The highest BCUT2D eigenvalue weighted by molar-refractivity contribution is 5.54. The molecule has 1 aromatic carbocycles. The first-order chi connectivity index (χ1) is 8.19. The minimum Gasteiger partial charge on any atom is -0.497 e. The number of ether oxygens (including phenoxy) is 1. The summed E-state index contributed by atoms with van der Waals surface area (Å²) >= 11 is 0. The maximum absolute atomic E-state index is 5.62. The molecule has 0 fully saturated rings. The van der Waals surface area contributed by atoms with Gasteiger partial charge in [-0.15, -0.1) is 5.10 Å². The van der Waals surface area contributed by atoms with Gasteiger partial charge in [-0.25, -0.2) is 0 Å². The zero-order valence-corrected chi connectivity index (χ0v) is 9.68. The molecule has 0 bridgehead atoms. The van der Waals surface area contributed by atoms with Crippen molar-refractivity contribution < 1.29 is 9.15 Å². The highest BCUT2D eigenvalue weighted by Crippen LogP contribution is 2.21. The molecule has 0 spiro atoms. The van der Waals surface area contributed by atoms with E-state index in [2.05, 4.69) is 15.5 Å². The Labute approximate surface area is 98.8 Å². The number of aromatic nitrogens is 2. The van der Waals surface area contributed by atoms with Gasteiger partial charge in [-0.1, -0.05) is 11.2 Å². The second kappa shape index (κ2) is 4.84. The lowest BCUT2D eigenvalue weighted by atomic mass is 10.3. The van der Waals surface area contributed by atoms with E-state index in [-0.39, 0.29) is 6.04 Å². The molecular weight excluding hydrogens is 220 g/mol. The Morgan fingerprint density at radius 2 is 2.24 bits per heavy atom. The fraction of sp³-hybridized carbons (Fsp3) is 0.273. The average Bonchev–Trinajstić information content (AvgIpc) is 2.78. The van der Waals surface area contributed by atoms with Crippen LogP contribution in [0.15, 0.2) is 28.7 Å². The minimum absolute atomic E-state index is 0.275. The minimum atomic E-state index is -0.275. The number of nitrogens with two attached hydrogens (primary N) is 1. The standard InChI is InChI=1S/C11H14N4O2/c1-7(12)10-14-15-11(17-10)13-8-4-3-5-9(6-8)16-2/h3-7H,12H2,1-2H3,(H,13,15). The molecule has 1 heterocycles. The van der Waals surface area contributed by atoms with E-state index >= 15 is 0 Å². The lowest BCUT2D eigenvalue weighted by molar-refractivity contribution is 0.415. The van der Waals surface area contributed by atoms with Crippen molar-refractivity contribution in [1.82, 2.24) is 10.2 Å². The molecule has 6 nitrogen and oxygen atoms in total. The molecule has 6 heteroatoms. The van der Waals surface area contributed by atoms with Gasteiger partial charge in [-0.3, -0.25) is 0 Å². The Hall–Kier alpha value is -2.08. The van der Waals surface area contributed by atoms with Crippen molar-refractivity contribution in [1.29, 1.82) is 0 Å². The van der Waals surface area contributed by atoms with E-state index < -0.39 is 0 Å². The van der Waals surface area contributed by atoms with Crippen molar-refractivity contribution in [2.75, 3.05) is 12.4 Å². The summed E-state index contributed by atoms with van der Waals surface area (Å²) < 4.78 is 10.4. The van der Waals surface area contributed by atoms with Gasteiger partial charge in [0.15, 0.2) is 0 Å². The molecule has 0 aliphatic rings. The molecular formula is C11H14N4O2. The van der Waals surface area contributed by atoms with Crippen molar-refractivity contribution >= 4 is 11.7 Å². The van der Waals surface area contributed by atoms with Crippen LogP contribution in [0.1, 0.15) is 18.9 Å². The van der Waals surface area contributed by atoms with E-state index in [9.17, 15) is 0 Å². The van der Waals surface area contributed by atoms with Gasteiger partial charge < -0.3 is 20.2 Å². The summed E-state index contributed by atoms with van der Waals surface area (Å²) in [4.78, 5) is 0. The molecule has 0 aliphatic carbocycles. The van der Waals surface area contributed by atoms with Crippen LogP contribution in [0.25, 0.3) is 0 Å². The Morgan fingerprint density at radius 1 is 1.41 bits per heavy atom. The molecule has 2 aromatic rings. The summed E-state index contributed by atoms with van der Waals surface area (Å²) in [5.41, 5.74) is 6.43. The van der Waals surface area contributed by atoms with Gasteiger partial charge in [0.25, 0.3) is 0 Å². The maximum atomic E-state index is 5.62. The fourth-order valence-electron chi connectivity index (χ4n) is 1.29. The molecule has 0 radical (unpaired) electrons. The fourth-order valence-corrected chi connectivity index (χ4v) is 1.29. The van der Waals surface area contributed by atoms with Crippen LogP contribution < -0.4 is 15.8 Å². The van der Waals surface area contributed by atoms with Gasteiger partial charge in [0, 0.05) is 11.8 Å². The van der Waals surface area contributed by atoms with Crippen molar-refractivity contribution in [3.63, 3.8) is 0 Å². The summed E-state index contributed by atoms with van der Waals surface area (Å²) in [5.74, 6) is 1.15. The lowest BCUT2D eigenvalue weighted by Crippen LogP contribution is -2.04. The number of hydrogen-bond acceptors (Lipinski definition) is 6. The number of hydrogen-bond donors (Lipinski definition) is 2. The predicted molar refractivity (Wildman–Crippen MR) is 63.2 cm³/mol. The van der Waals surface area contributed by atoms with Gasteiger partial charge in [-0.05, 0) is 19.1 Å². The molecule has 1 atom stereocenters. The molecule has 2 rings (SSSR count).